The molecule has 3 aromatic carbocycles. The monoisotopic (exact) mass is 413 g/mol. The van der Waals surface area contributed by atoms with Crippen LogP contribution >= 0.6 is 0 Å². The number of hydrogen-bond donors (Lipinski definition) is 1. The minimum atomic E-state index is -0.306. The summed E-state index contributed by atoms with van der Waals surface area (Å²) in [5.41, 5.74) is 4.56. The number of para-hydroxylation sites is 1. The van der Waals surface area contributed by atoms with Gasteiger partial charge in [-0.3, -0.25) is 4.79 Å². The number of amides is 1. The van der Waals surface area contributed by atoms with Crippen molar-refractivity contribution in [3.63, 3.8) is 0 Å². The maximum absolute atomic E-state index is 13.6. The second kappa shape index (κ2) is 10.0. The van der Waals surface area contributed by atoms with Crippen molar-refractivity contribution < 1.29 is 9.18 Å². The smallest absolute Gasteiger partial charge is 0.252 e. The van der Waals surface area contributed by atoms with E-state index in [4.69, 9.17) is 0 Å². The molecule has 0 aromatic heterocycles. The number of carbonyl (C=O) groups excluding carboxylic acids is 1. The molecule has 1 N–H and O–H groups in total. The average molecular weight is 414 g/mol. The maximum Gasteiger partial charge on any atom is 0.252 e. The third kappa shape index (κ3) is 5.37. The Morgan fingerprint density at radius 2 is 1.35 bits per heavy atom. The molecule has 2 nitrogen and oxygen atoms in total. The maximum atomic E-state index is 13.6. The van der Waals surface area contributed by atoms with Crippen LogP contribution in [0.2, 0.25) is 0 Å². The first-order valence-corrected chi connectivity index (χ1v) is 10.5. The van der Waals surface area contributed by atoms with Gasteiger partial charge in [0.25, 0.3) is 5.91 Å². The van der Waals surface area contributed by atoms with Gasteiger partial charge in [-0.05, 0) is 58.4 Å². The lowest BCUT2D eigenvalue weighted by Gasteiger charge is -2.25. The van der Waals surface area contributed by atoms with Crippen LogP contribution < -0.4 is 5.32 Å². The molecule has 0 radical (unpaired) electrons. The lowest BCUT2D eigenvalue weighted by molar-refractivity contribution is -0.113. The highest BCUT2D eigenvalue weighted by atomic mass is 19.1. The fourth-order valence-electron chi connectivity index (χ4n) is 3.49. The van der Waals surface area contributed by atoms with Crippen LogP contribution in [-0.2, 0) is 4.79 Å². The normalized spacial score (nSPS) is 12.8. The Bertz CT molecular complexity index is 1070. The van der Waals surface area contributed by atoms with Crippen LogP contribution in [0.3, 0.4) is 0 Å². The number of nitrogens with one attached hydrogen (secondary N) is 1. The van der Waals surface area contributed by atoms with E-state index >= 15 is 0 Å². The standard InChI is InChI=1S/C28H28FNO/c1-19(2)20(3)27(28(31)30-25-13-9-6-10-14-25)26(23-11-7-5-8-12-23)21(4)22-15-17-24(29)18-16-22/h5-20H,4H2,1-3H3,(H,30,31)/b27-26-. The number of carbonyl (C=O) groups is 1. The second-order valence-corrected chi connectivity index (χ2v) is 7.99. The van der Waals surface area contributed by atoms with Gasteiger partial charge < -0.3 is 5.32 Å². The van der Waals surface area contributed by atoms with E-state index in [1.165, 1.54) is 12.1 Å². The molecule has 0 bridgehead atoms. The summed E-state index contributed by atoms with van der Waals surface area (Å²) in [6, 6.07) is 25.4. The van der Waals surface area contributed by atoms with Crippen molar-refractivity contribution in [3.8, 4) is 0 Å². The molecule has 0 aliphatic rings. The molecule has 0 saturated heterocycles. The average Bonchev–Trinajstić information content (AvgIpc) is 2.78. The van der Waals surface area contributed by atoms with Gasteiger partial charge in [0.15, 0.2) is 0 Å². The number of anilines is 1. The molecule has 3 heteroatoms. The highest BCUT2D eigenvalue weighted by molar-refractivity contribution is 6.18. The van der Waals surface area contributed by atoms with Crippen LogP contribution in [0.5, 0.6) is 0 Å². The van der Waals surface area contributed by atoms with E-state index in [1.807, 2.05) is 60.7 Å². The minimum Gasteiger partial charge on any atom is -0.322 e. The first kappa shape index (κ1) is 22.2. The first-order valence-electron chi connectivity index (χ1n) is 10.5. The van der Waals surface area contributed by atoms with Crippen molar-refractivity contribution in [2.24, 2.45) is 11.8 Å². The van der Waals surface area contributed by atoms with Crippen LogP contribution in [0, 0.1) is 17.7 Å². The molecule has 1 atom stereocenters. The van der Waals surface area contributed by atoms with E-state index in [1.54, 1.807) is 12.1 Å². The first-order chi connectivity index (χ1) is 14.9. The molecule has 0 aliphatic carbocycles. The number of benzene rings is 3. The number of rotatable bonds is 7. The van der Waals surface area contributed by atoms with Gasteiger partial charge in [0.2, 0.25) is 0 Å². The third-order valence-corrected chi connectivity index (χ3v) is 5.56. The molecule has 1 unspecified atom stereocenters. The van der Waals surface area contributed by atoms with Crippen LogP contribution in [-0.4, -0.2) is 5.91 Å². The predicted molar refractivity (Wildman–Crippen MR) is 128 cm³/mol. The van der Waals surface area contributed by atoms with Gasteiger partial charge in [-0.2, -0.15) is 0 Å². The van der Waals surface area contributed by atoms with Crippen LogP contribution in [0.1, 0.15) is 31.9 Å². The van der Waals surface area contributed by atoms with Gasteiger partial charge in [-0.1, -0.05) is 88.0 Å². The van der Waals surface area contributed by atoms with Crippen molar-refractivity contribution >= 4 is 22.7 Å². The highest BCUT2D eigenvalue weighted by Crippen LogP contribution is 2.37. The molecule has 3 aromatic rings. The summed E-state index contributed by atoms with van der Waals surface area (Å²) in [6.07, 6.45) is 0. The second-order valence-electron chi connectivity index (χ2n) is 7.99. The molecule has 158 valence electrons. The summed E-state index contributed by atoms with van der Waals surface area (Å²) in [4.78, 5) is 13.6. The highest BCUT2D eigenvalue weighted by Gasteiger charge is 2.26. The Morgan fingerprint density at radius 1 is 0.806 bits per heavy atom. The van der Waals surface area contributed by atoms with E-state index in [0.29, 0.717) is 11.1 Å². The fraction of sp³-hybridized carbons (Fsp3) is 0.179. The Labute approximate surface area is 184 Å². The van der Waals surface area contributed by atoms with Crippen molar-refractivity contribution in [2.45, 2.75) is 20.8 Å². The summed E-state index contributed by atoms with van der Waals surface area (Å²) in [5.74, 6) is -0.263. The van der Waals surface area contributed by atoms with E-state index in [2.05, 4.69) is 32.7 Å². The minimum absolute atomic E-state index is 0.0314. The predicted octanol–water partition coefficient (Wildman–Crippen LogP) is 7.22. The number of halogens is 1. The zero-order valence-corrected chi connectivity index (χ0v) is 18.2. The lowest BCUT2D eigenvalue weighted by Crippen LogP contribution is -2.24. The largest absolute Gasteiger partial charge is 0.322 e. The van der Waals surface area contributed by atoms with Gasteiger partial charge in [-0.25, -0.2) is 4.39 Å². The van der Waals surface area contributed by atoms with Gasteiger partial charge in [-0.15, -0.1) is 0 Å². The van der Waals surface area contributed by atoms with Crippen molar-refractivity contribution in [3.05, 3.63) is 114 Å². The fourth-order valence-corrected chi connectivity index (χ4v) is 3.49. The van der Waals surface area contributed by atoms with Crippen molar-refractivity contribution in [1.29, 1.82) is 0 Å². The zero-order valence-electron chi connectivity index (χ0n) is 18.2. The van der Waals surface area contributed by atoms with Crippen molar-refractivity contribution in [2.75, 3.05) is 5.32 Å². The molecular formula is C28H28FNO. The topological polar surface area (TPSA) is 29.1 Å². The van der Waals surface area contributed by atoms with E-state index in [0.717, 1.165) is 22.4 Å². The summed E-state index contributed by atoms with van der Waals surface area (Å²) in [6.45, 7) is 10.6. The van der Waals surface area contributed by atoms with Crippen LogP contribution in [0.4, 0.5) is 10.1 Å². The SMILES string of the molecule is C=C(/C(=C(/C(=O)Nc1ccccc1)C(C)C(C)C)c1ccccc1)c1ccc(F)cc1. The number of hydrogen-bond acceptors (Lipinski definition) is 1. The summed E-state index contributed by atoms with van der Waals surface area (Å²) >= 11 is 0. The molecule has 0 aliphatic heterocycles. The Morgan fingerprint density at radius 3 is 1.90 bits per heavy atom. The van der Waals surface area contributed by atoms with Crippen LogP contribution in [0.15, 0.2) is 97.1 Å². The van der Waals surface area contributed by atoms with Crippen molar-refractivity contribution in [1.82, 2.24) is 0 Å². The molecular weight excluding hydrogens is 385 g/mol. The Balaban J connectivity index is 2.20. The number of allylic oxidation sites excluding steroid dienone is 2. The zero-order chi connectivity index (χ0) is 22.4. The molecule has 1 amide bonds. The Kier molecular flexibility index (Phi) is 7.19. The quantitative estimate of drug-likeness (QED) is 0.321. The molecule has 31 heavy (non-hydrogen) atoms. The molecule has 0 spiro atoms. The molecule has 0 fully saturated rings. The third-order valence-electron chi connectivity index (χ3n) is 5.56. The van der Waals surface area contributed by atoms with Crippen LogP contribution in [0.25, 0.3) is 11.1 Å². The van der Waals surface area contributed by atoms with E-state index in [-0.39, 0.29) is 23.6 Å². The molecule has 0 heterocycles. The summed E-state index contributed by atoms with van der Waals surface area (Å²) < 4.78 is 13.5. The Hall–Kier alpha value is -3.46. The molecule has 0 saturated carbocycles. The summed E-state index contributed by atoms with van der Waals surface area (Å²) in [7, 11) is 0. The van der Waals surface area contributed by atoms with Gasteiger partial charge in [0.05, 0.1) is 0 Å². The van der Waals surface area contributed by atoms with Gasteiger partial charge >= 0.3 is 0 Å². The lowest BCUT2D eigenvalue weighted by atomic mass is 9.80. The summed E-state index contributed by atoms with van der Waals surface area (Å²) in [5, 5.41) is 3.05. The van der Waals surface area contributed by atoms with E-state index < -0.39 is 0 Å². The van der Waals surface area contributed by atoms with E-state index in [9.17, 15) is 9.18 Å². The van der Waals surface area contributed by atoms with Gasteiger partial charge in [0, 0.05) is 11.3 Å². The van der Waals surface area contributed by atoms with Gasteiger partial charge in [0.1, 0.15) is 5.82 Å². The molecule has 3 rings (SSSR count).